The first-order chi connectivity index (χ1) is 14.8. The molecule has 0 aromatic rings. The summed E-state index contributed by atoms with van der Waals surface area (Å²) in [5.74, 6) is 0. The van der Waals surface area contributed by atoms with Crippen molar-refractivity contribution in [2.45, 2.75) is 158 Å². The minimum atomic E-state index is -2.63. The van der Waals surface area contributed by atoms with E-state index in [0.717, 1.165) is 0 Å². The monoisotopic (exact) mass is 672 g/mol. The van der Waals surface area contributed by atoms with E-state index in [9.17, 15) is 0 Å². The Kier molecular flexibility index (Phi) is 20.0. The molecule has 0 spiro atoms. The fourth-order valence-electron chi connectivity index (χ4n) is 5.11. The van der Waals surface area contributed by atoms with Gasteiger partial charge >= 0.3 is 210 Å². The summed E-state index contributed by atoms with van der Waals surface area (Å²) in [4.78, 5) is 0. The molecule has 2 nitrogen and oxygen atoms in total. The van der Waals surface area contributed by atoms with Gasteiger partial charge in [0, 0.05) is 0 Å². The Balaban J connectivity index is 5.75. The van der Waals surface area contributed by atoms with Crippen molar-refractivity contribution >= 4 is 46.1 Å². The van der Waals surface area contributed by atoms with Crippen molar-refractivity contribution in [2.75, 3.05) is 0 Å². The van der Waals surface area contributed by atoms with Gasteiger partial charge in [-0.3, -0.25) is 0 Å². The van der Waals surface area contributed by atoms with Crippen LogP contribution in [-0.2, 0) is 5.53 Å². The second-order valence-corrected chi connectivity index (χ2v) is 39.4. The summed E-state index contributed by atoms with van der Waals surface area (Å²) in [5, 5.41) is 0. The van der Waals surface area contributed by atoms with Crippen LogP contribution < -0.4 is 0 Å². The van der Waals surface area contributed by atoms with E-state index in [1.807, 2.05) is 0 Å². The first-order valence-corrected chi connectivity index (χ1v) is 31.4. The fourth-order valence-corrected chi connectivity index (χ4v) is 55.1. The van der Waals surface area contributed by atoms with Gasteiger partial charge in [0.25, 0.3) is 0 Å². The maximum atomic E-state index is 7.51. The Morgan fingerprint density at radius 2 is 0.613 bits per heavy atom. The quantitative estimate of drug-likeness (QED) is 0.107. The summed E-state index contributed by atoms with van der Waals surface area (Å²) < 4.78 is 23.6. The van der Waals surface area contributed by atoms with Crippen LogP contribution in [0.1, 0.15) is 119 Å². The van der Waals surface area contributed by atoms with Gasteiger partial charge in [-0.05, 0) is 0 Å². The van der Waals surface area contributed by atoms with Crippen LogP contribution in [0.2, 0.25) is 39.7 Å². The van der Waals surface area contributed by atoms with Crippen molar-refractivity contribution < 1.29 is 5.53 Å². The van der Waals surface area contributed by atoms with Crippen LogP contribution >= 0.6 is 0 Å². The average Bonchev–Trinajstić information content (AvgIpc) is 2.75. The Bertz CT molecular complexity index is 339. The molecule has 5 heteroatoms. The second-order valence-electron chi connectivity index (χ2n) is 10.6. The minimum absolute atomic E-state index is 1.32. The zero-order valence-corrected chi connectivity index (χ0v) is 29.8. The van der Waals surface area contributed by atoms with Crippen molar-refractivity contribution in [3.05, 3.63) is 0 Å². The summed E-state index contributed by atoms with van der Waals surface area (Å²) in [6.07, 6.45) is 16.2. The molecule has 0 aliphatic carbocycles. The Morgan fingerprint density at radius 1 is 0.419 bits per heavy atom. The predicted molar refractivity (Wildman–Crippen MR) is 149 cm³/mol. The summed E-state index contributed by atoms with van der Waals surface area (Å²) >= 11 is -5.26. The molecule has 0 unspecified atom stereocenters. The number of hydrogen-bond acceptors (Lipinski definition) is 2. The molecule has 0 aliphatic rings. The van der Waals surface area contributed by atoms with Gasteiger partial charge in [0.05, 0.1) is 0 Å². The van der Waals surface area contributed by atoms with E-state index in [-0.39, 0.29) is 0 Å². The van der Waals surface area contributed by atoms with E-state index in [1.165, 1.54) is 104 Å². The molecule has 0 heterocycles. The van der Waals surface area contributed by atoms with Crippen LogP contribution in [0.25, 0.3) is 0 Å². The van der Waals surface area contributed by atoms with Crippen molar-refractivity contribution in [2.24, 2.45) is 0 Å². The number of rotatable bonds is 22. The van der Waals surface area contributed by atoms with Gasteiger partial charge in [-0.25, -0.2) is 0 Å². The second kappa shape index (κ2) is 19.0. The molecule has 0 N–H and O–H groups in total. The van der Waals surface area contributed by atoms with Crippen molar-refractivity contribution in [1.82, 2.24) is 0 Å². The first-order valence-electron chi connectivity index (χ1n) is 14.2. The molecule has 0 bridgehead atoms. The Morgan fingerprint density at radius 3 is 0.774 bits per heavy atom. The SMILES string of the molecule is CCC[CH2][Sn]([CH2]CCC)([CH2]CCC)[O][Si](C)(C)[O][Sn]([CH2]CCC)([CH2]CCC)[CH2]CCC. The van der Waals surface area contributed by atoms with Crippen LogP contribution in [0.15, 0.2) is 0 Å². The van der Waals surface area contributed by atoms with Crippen LogP contribution in [0, 0.1) is 0 Å². The fraction of sp³-hybridized carbons (Fsp3) is 1.00. The van der Waals surface area contributed by atoms with E-state index in [2.05, 4.69) is 54.6 Å². The molecule has 0 fully saturated rings. The van der Waals surface area contributed by atoms with E-state index in [1.54, 1.807) is 0 Å². The number of unbranched alkanes of at least 4 members (excludes halogenated alkanes) is 6. The molecular weight excluding hydrogens is 610 g/mol. The third-order valence-electron chi connectivity index (χ3n) is 6.84. The van der Waals surface area contributed by atoms with Gasteiger partial charge in [-0.1, -0.05) is 0 Å². The van der Waals surface area contributed by atoms with E-state index in [4.69, 9.17) is 5.53 Å². The topological polar surface area (TPSA) is 18.5 Å². The maximum absolute atomic E-state index is 7.51. The zero-order chi connectivity index (χ0) is 23.6. The summed E-state index contributed by atoms with van der Waals surface area (Å²) in [6, 6.07) is 0. The predicted octanol–water partition coefficient (Wildman–Crippen LogP) is 10.4. The van der Waals surface area contributed by atoms with Crippen molar-refractivity contribution in [3.8, 4) is 0 Å². The number of hydrogen-bond donors (Lipinski definition) is 0. The standard InChI is InChI=1S/6C4H9.C2H6O2Si.2Sn/c6*1-3-4-2;1-5(2,3)4;;/h6*1,3-4H2,2H3;1-2H3;;/q;;;;;;-2;2*+1. The van der Waals surface area contributed by atoms with E-state index >= 15 is 0 Å². The van der Waals surface area contributed by atoms with Gasteiger partial charge in [-0.15, -0.1) is 0 Å². The van der Waals surface area contributed by atoms with Crippen LogP contribution in [0.5, 0.6) is 0 Å². The van der Waals surface area contributed by atoms with Crippen molar-refractivity contribution in [1.29, 1.82) is 0 Å². The average molecular weight is 670 g/mol. The molecule has 0 aliphatic heterocycles. The van der Waals surface area contributed by atoms with E-state index in [0.29, 0.717) is 0 Å². The summed E-state index contributed by atoms with van der Waals surface area (Å²) in [5.41, 5.74) is 0. The Hall–Kier alpha value is 1.73. The molecular formula is C26H60O2SiSn2. The molecule has 0 atom stereocenters. The molecule has 0 radical (unpaired) electrons. The molecule has 0 saturated carbocycles. The summed E-state index contributed by atoms with van der Waals surface area (Å²) in [6.45, 7) is 19.1. The van der Waals surface area contributed by atoms with Gasteiger partial charge in [0.15, 0.2) is 0 Å². The Labute approximate surface area is 208 Å². The first kappa shape index (κ1) is 32.7. The third-order valence-corrected chi connectivity index (χ3v) is 46.2. The van der Waals surface area contributed by atoms with Crippen molar-refractivity contribution in [3.63, 3.8) is 0 Å². The molecule has 0 saturated heterocycles. The molecule has 31 heavy (non-hydrogen) atoms. The zero-order valence-electron chi connectivity index (χ0n) is 23.0. The van der Waals surface area contributed by atoms with Crippen LogP contribution in [0.4, 0.5) is 0 Å². The van der Waals surface area contributed by atoms with Crippen LogP contribution in [0.3, 0.4) is 0 Å². The molecule has 0 aromatic carbocycles. The molecule has 0 amide bonds. The third kappa shape index (κ3) is 14.7. The normalized spacial score (nSPS) is 13.2. The van der Waals surface area contributed by atoms with Gasteiger partial charge in [0.1, 0.15) is 0 Å². The summed E-state index contributed by atoms with van der Waals surface area (Å²) in [7, 11) is -2.09. The molecule has 188 valence electrons. The van der Waals surface area contributed by atoms with Gasteiger partial charge < -0.3 is 0 Å². The van der Waals surface area contributed by atoms with Gasteiger partial charge in [0.2, 0.25) is 0 Å². The van der Waals surface area contributed by atoms with Gasteiger partial charge in [-0.2, -0.15) is 0 Å². The molecule has 0 aromatic heterocycles. The molecule has 0 rings (SSSR count). The van der Waals surface area contributed by atoms with Crippen LogP contribution in [-0.4, -0.2) is 46.1 Å². The van der Waals surface area contributed by atoms with E-state index < -0.39 is 46.1 Å².